The van der Waals surface area contributed by atoms with Crippen LogP contribution in [0.4, 0.5) is 0 Å². The molecule has 5 heteroatoms. The molecule has 0 saturated carbocycles. The Labute approximate surface area is 367 Å². The van der Waals surface area contributed by atoms with Crippen molar-refractivity contribution >= 4 is 53.3 Å². The summed E-state index contributed by atoms with van der Waals surface area (Å²) in [5, 5.41) is 4.88. The lowest BCUT2D eigenvalue weighted by Crippen LogP contribution is -2.26. The van der Waals surface area contributed by atoms with Gasteiger partial charge in [0.05, 0.1) is 16.4 Å². The number of thiophene rings is 1. The quantitative estimate of drug-likeness (QED) is 0.178. The van der Waals surface area contributed by atoms with Gasteiger partial charge in [-0.1, -0.05) is 170 Å². The Bertz CT molecular complexity index is 3740. The highest BCUT2D eigenvalue weighted by atomic mass is 32.1. The van der Waals surface area contributed by atoms with Crippen molar-refractivity contribution in [2.24, 2.45) is 0 Å². The van der Waals surface area contributed by atoms with E-state index >= 15 is 0 Å². The molecule has 0 radical (unpaired) electrons. The Morgan fingerprint density at radius 2 is 0.921 bits per heavy atom. The third-order valence-electron chi connectivity index (χ3n) is 13.5. The van der Waals surface area contributed by atoms with Crippen molar-refractivity contribution in [1.82, 2.24) is 19.5 Å². The fourth-order valence-corrected chi connectivity index (χ4v) is 12.1. The standard InChI is InChI=1S/C58H34N4S/c1-3-16-35(17-4-1)55-59-56(36-18-5-2-6-19-36)61-57(60-55)43-24-15-29-51-52(43)44-34-37(30-33-50(44)63-51)62-48-28-14-10-23-42(48)53-49(62)32-31-41-40-22-9-13-27-47(40)58(54(41)53)45-25-11-7-20-38(45)39-21-8-12-26-46(39)58/h1-34H. The van der Waals surface area contributed by atoms with Crippen molar-refractivity contribution in [3.8, 4) is 62.1 Å². The average Bonchev–Trinajstić information content (AvgIpc) is 4.08. The van der Waals surface area contributed by atoms with Gasteiger partial charge >= 0.3 is 0 Å². The summed E-state index contributed by atoms with van der Waals surface area (Å²) in [6.07, 6.45) is 0. The van der Waals surface area contributed by atoms with Crippen LogP contribution in [0, 0.1) is 0 Å². The Hall–Kier alpha value is -7.99. The highest BCUT2D eigenvalue weighted by Gasteiger charge is 2.52. The molecule has 0 unspecified atom stereocenters. The third kappa shape index (κ3) is 4.72. The number of rotatable bonds is 4. The van der Waals surface area contributed by atoms with Crippen LogP contribution >= 0.6 is 11.3 Å². The molecule has 63 heavy (non-hydrogen) atoms. The van der Waals surface area contributed by atoms with Gasteiger partial charge in [-0.3, -0.25) is 0 Å². The van der Waals surface area contributed by atoms with Crippen molar-refractivity contribution in [2.45, 2.75) is 5.41 Å². The van der Waals surface area contributed by atoms with Crippen LogP contribution < -0.4 is 0 Å². The maximum absolute atomic E-state index is 5.18. The van der Waals surface area contributed by atoms with Crippen molar-refractivity contribution < 1.29 is 0 Å². The summed E-state index contributed by atoms with van der Waals surface area (Å²) in [5.74, 6) is 1.97. The van der Waals surface area contributed by atoms with Gasteiger partial charge in [-0.25, -0.2) is 15.0 Å². The van der Waals surface area contributed by atoms with Gasteiger partial charge in [0, 0.05) is 53.3 Å². The topological polar surface area (TPSA) is 43.6 Å². The van der Waals surface area contributed by atoms with Crippen LogP contribution in [-0.4, -0.2) is 19.5 Å². The van der Waals surface area contributed by atoms with Gasteiger partial charge < -0.3 is 4.57 Å². The first-order chi connectivity index (χ1) is 31.3. The first-order valence-electron chi connectivity index (χ1n) is 21.4. The number of nitrogens with zero attached hydrogens (tertiary/aromatic N) is 4. The molecule has 0 fully saturated rings. The molecular weight excluding hydrogens is 785 g/mol. The molecule has 2 aliphatic carbocycles. The van der Waals surface area contributed by atoms with E-state index in [2.05, 4.69) is 174 Å². The Morgan fingerprint density at radius 1 is 0.365 bits per heavy atom. The molecule has 0 atom stereocenters. The molecule has 4 nitrogen and oxygen atoms in total. The van der Waals surface area contributed by atoms with Gasteiger partial charge in [-0.2, -0.15) is 0 Å². The van der Waals surface area contributed by atoms with E-state index in [-0.39, 0.29) is 0 Å². The predicted octanol–water partition coefficient (Wildman–Crippen LogP) is 14.7. The van der Waals surface area contributed by atoms with Crippen LogP contribution in [0.5, 0.6) is 0 Å². The zero-order valence-corrected chi connectivity index (χ0v) is 34.6. The van der Waals surface area contributed by atoms with E-state index in [0.29, 0.717) is 17.5 Å². The van der Waals surface area contributed by atoms with Gasteiger partial charge in [0.15, 0.2) is 17.5 Å². The molecule has 0 bridgehead atoms. The number of benzene rings is 9. The SMILES string of the molecule is c1ccc(-c2nc(-c3ccccc3)nc(-c3cccc4sc5ccc(-n6c7ccccc7c7c8c(ccc76)-c6ccccc6C86c7ccccc7-c7ccccc76)cc5c34)n2)cc1. The number of fused-ring (bicyclic) bond motifs is 17. The Kier molecular flexibility index (Phi) is 7.16. The molecule has 0 aliphatic heterocycles. The highest BCUT2D eigenvalue weighted by Crippen LogP contribution is 2.64. The highest BCUT2D eigenvalue weighted by molar-refractivity contribution is 7.26. The minimum Gasteiger partial charge on any atom is -0.309 e. The van der Waals surface area contributed by atoms with E-state index in [0.717, 1.165) is 27.8 Å². The van der Waals surface area contributed by atoms with E-state index in [1.165, 1.54) is 81.1 Å². The van der Waals surface area contributed by atoms with E-state index in [4.69, 9.17) is 15.0 Å². The molecule has 3 heterocycles. The molecule has 12 aromatic rings. The second kappa shape index (κ2) is 13.0. The van der Waals surface area contributed by atoms with Crippen molar-refractivity contribution in [1.29, 1.82) is 0 Å². The van der Waals surface area contributed by atoms with Crippen LogP contribution in [0.2, 0.25) is 0 Å². The summed E-state index contributed by atoms with van der Waals surface area (Å²) < 4.78 is 4.90. The largest absolute Gasteiger partial charge is 0.309 e. The lowest BCUT2D eigenvalue weighted by atomic mass is 9.69. The molecular formula is C58H34N4S. The molecule has 0 saturated heterocycles. The van der Waals surface area contributed by atoms with Crippen LogP contribution in [0.1, 0.15) is 22.3 Å². The average molecular weight is 819 g/mol. The first kappa shape index (κ1) is 34.7. The molecule has 2 aliphatic rings. The summed E-state index contributed by atoms with van der Waals surface area (Å²) in [6.45, 7) is 0. The fourth-order valence-electron chi connectivity index (χ4n) is 11.0. The minimum absolute atomic E-state index is 0.461. The number of aromatic nitrogens is 4. The maximum Gasteiger partial charge on any atom is 0.164 e. The van der Waals surface area contributed by atoms with Crippen molar-refractivity contribution in [3.05, 3.63) is 229 Å². The molecule has 292 valence electrons. The maximum atomic E-state index is 5.18. The van der Waals surface area contributed by atoms with Gasteiger partial charge in [0.2, 0.25) is 0 Å². The van der Waals surface area contributed by atoms with Gasteiger partial charge in [0.25, 0.3) is 0 Å². The molecule has 9 aromatic carbocycles. The van der Waals surface area contributed by atoms with Crippen molar-refractivity contribution in [3.63, 3.8) is 0 Å². The van der Waals surface area contributed by atoms with E-state index in [1.807, 2.05) is 47.7 Å². The summed E-state index contributed by atoms with van der Waals surface area (Å²) in [6, 6.07) is 74.9. The van der Waals surface area contributed by atoms with Crippen LogP contribution in [0.3, 0.4) is 0 Å². The molecule has 3 aromatic heterocycles. The number of para-hydroxylation sites is 1. The van der Waals surface area contributed by atoms with E-state index in [9.17, 15) is 0 Å². The zero-order chi connectivity index (χ0) is 41.2. The summed E-state index contributed by atoms with van der Waals surface area (Å²) in [5.41, 5.74) is 16.6. The number of hydrogen-bond donors (Lipinski definition) is 0. The lowest BCUT2D eigenvalue weighted by Gasteiger charge is -2.31. The third-order valence-corrected chi connectivity index (χ3v) is 14.6. The molecule has 0 amide bonds. The minimum atomic E-state index is -0.461. The fraction of sp³-hybridized carbons (Fsp3) is 0.0172. The van der Waals surface area contributed by atoms with Crippen LogP contribution in [0.15, 0.2) is 206 Å². The summed E-state index contributed by atoms with van der Waals surface area (Å²) in [4.78, 5) is 15.4. The van der Waals surface area contributed by atoms with E-state index < -0.39 is 5.41 Å². The normalized spacial score (nSPS) is 13.2. The number of hydrogen-bond acceptors (Lipinski definition) is 4. The second-order valence-corrected chi connectivity index (χ2v) is 17.7. The Morgan fingerprint density at radius 3 is 1.59 bits per heavy atom. The molecule has 0 N–H and O–H groups in total. The second-order valence-electron chi connectivity index (χ2n) is 16.6. The van der Waals surface area contributed by atoms with Gasteiger partial charge in [0.1, 0.15) is 0 Å². The van der Waals surface area contributed by atoms with Crippen molar-refractivity contribution in [2.75, 3.05) is 0 Å². The smallest absolute Gasteiger partial charge is 0.164 e. The van der Waals surface area contributed by atoms with Gasteiger partial charge in [-0.05, 0) is 80.9 Å². The van der Waals surface area contributed by atoms with Gasteiger partial charge in [-0.15, -0.1) is 11.3 Å². The predicted molar refractivity (Wildman–Crippen MR) is 260 cm³/mol. The molecule has 1 spiro atoms. The summed E-state index contributed by atoms with van der Waals surface area (Å²) >= 11 is 1.81. The monoisotopic (exact) mass is 818 g/mol. The van der Waals surface area contributed by atoms with E-state index in [1.54, 1.807) is 0 Å². The first-order valence-corrected chi connectivity index (χ1v) is 22.3. The van der Waals surface area contributed by atoms with Crippen LogP contribution in [-0.2, 0) is 5.41 Å². The summed E-state index contributed by atoms with van der Waals surface area (Å²) in [7, 11) is 0. The Balaban J connectivity index is 1.04. The molecule has 14 rings (SSSR count). The lowest BCUT2D eigenvalue weighted by molar-refractivity contribution is 0.802. The zero-order valence-electron chi connectivity index (χ0n) is 33.8. The van der Waals surface area contributed by atoms with Crippen LogP contribution in [0.25, 0.3) is 104 Å².